The summed E-state index contributed by atoms with van der Waals surface area (Å²) in [4.78, 5) is 5.36. The number of hydrogen-bond donors (Lipinski definition) is 1. The molecule has 0 aliphatic heterocycles. The molecular formula is C14H19N3S. The number of nitrogens with two attached hydrogens (primary N) is 1. The van der Waals surface area contributed by atoms with E-state index in [1.165, 1.54) is 11.3 Å². The summed E-state index contributed by atoms with van der Waals surface area (Å²) in [7, 11) is 0. The van der Waals surface area contributed by atoms with Crippen molar-refractivity contribution in [1.82, 2.24) is 9.55 Å². The second-order valence-electron chi connectivity index (χ2n) is 4.41. The summed E-state index contributed by atoms with van der Waals surface area (Å²) in [6, 6.07) is 6.16. The van der Waals surface area contributed by atoms with Crippen LogP contribution in [-0.2, 0) is 12.3 Å². The number of anilines is 1. The van der Waals surface area contributed by atoms with Crippen LogP contribution in [0.3, 0.4) is 0 Å². The highest BCUT2D eigenvalue weighted by atomic mass is 32.2. The molecule has 0 aliphatic carbocycles. The Labute approximate surface area is 112 Å². The van der Waals surface area contributed by atoms with Gasteiger partial charge in [0, 0.05) is 34.8 Å². The third-order valence-corrected chi connectivity index (χ3v) is 3.91. The molecule has 2 rings (SSSR count). The number of nitrogen functional groups attached to an aromatic ring is 1. The molecular weight excluding hydrogens is 242 g/mol. The molecule has 0 aliphatic rings. The smallest absolute Gasteiger partial charge is 0.0948 e. The van der Waals surface area contributed by atoms with Crippen LogP contribution >= 0.6 is 11.8 Å². The molecule has 1 aromatic carbocycles. The zero-order chi connectivity index (χ0) is 13.0. The molecule has 2 aromatic rings. The Bertz CT molecular complexity index is 520. The molecule has 0 bridgehead atoms. The number of rotatable bonds is 5. The summed E-state index contributed by atoms with van der Waals surface area (Å²) in [6.45, 7) is 5.29. The van der Waals surface area contributed by atoms with Gasteiger partial charge < -0.3 is 10.3 Å². The molecule has 1 aromatic heterocycles. The van der Waals surface area contributed by atoms with E-state index in [4.69, 9.17) is 5.73 Å². The molecule has 3 nitrogen and oxygen atoms in total. The molecule has 96 valence electrons. The predicted octanol–water partition coefficient (Wildman–Crippen LogP) is 3.48. The van der Waals surface area contributed by atoms with E-state index in [0.717, 1.165) is 29.3 Å². The van der Waals surface area contributed by atoms with E-state index in [2.05, 4.69) is 29.5 Å². The monoisotopic (exact) mass is 261 g/mol. The average Bonchev–Trinajstić information content (AvgIpc) is 2.78. The van der Waals surface area contributed by atoms with Gasteiger partial charge in [0.2, 0.25) is 0 Å². The highest BCUT2D eigenvalue weighted by Crippen LogP contribution is 2.28. The fourth-order valence-electron chi connectivity index (χ4n) is 1.83. The topological polar surface area (TPSA) is 43.8 Å². The molecule has 0 spiro atoms. The first-order valence-electron chi connectivity index (χ1n) is 6.18. The van der Waals surface area contributed by atoms with Gasteiger partial charge in [0.1, 0.15) is 0 Å². The van der Waals surface area contributed by atoms with Gasteiger partial charge >= 0.3 is 0 Å². The van der Waals surface area contributed by atoms with Crippen molar-refractivity contribution in [2.24, 2.45) is 0 Å². The van der Waals surface area contributed by atoms with Gasteiger partial charge in [-0.3, -0.25) is 0 Å². The summed E-state index contributed by atoms with van der Waals surface area (Å²) in [5.74, 6) is 0.910. The Morgan fingerprint density at radius 2 is 2.22 bits per heavy atom. The van der Waals surface area contributed by atoms with E-state index in [9.17, 15) is 0 Å². The second-order valence-corrected chi connectivity index (χ2v) is 5.43. The minimum absolute atomic E-state index is 0.854. The van der Waals surface area contributed by atoms with Crippen LogP contribution < -0.4 is 5.73 Å². The quantitative estimate of drug-likeness (QED) is 0.662. The molecule has 18 heavy (non-hydrogen) atoms. The number of imidazole rings is 1. The van der Waals surface area contributed by atoms with Gasteiger partial charge in [-0.2, -0.15) is 0 Å². The maximum atomic E-state index is 5.98. The van der Waals surface area contributed by atoms with E-state index in [1.54, 1.807) is 11.8 Å². The summed E-state index contributed by atoms with van der Waals surface area (Å²) in [5, 5.41) is 0. The Morgan fingerprint density at radius 1 is 1.39 bits per heavy atom. The number of benzene rings is 1. The van der Waals surface area contributed by atoms with Crippen LogP contribution in [0.15, 0.2) is 35.6 Å². The minimum atomic E-state index is 0.854. The van der Waals surface area contributed by atoms with Gasteiger partial charge in [0.25, 0.3) is 0 Å². The molecule has 0 fully saturated rings. The van der Waals surface area contributed by atoms with Crippen molar-refractivity contribution in [1.29, 1.82) is 0 Å². The van der Waals surface area contributed by atoms with Crippen molar-refractivity contribution < 1.29 is 0 Å². The van der Waals surface area contributed by atoms with Crippen LogP contribution in [0.1, 0.15) is 24.6 Å². The standard InChI is InChI=1S/C14H19N3S/c1-3-6-17-10-16-8-12(17)9-18-14-7-11(2)4-5-13(14)15/h4-5,7-8,10H,3,6,9,15H2,1-2H3. The molecule has 0 amide bonds. The highest BCUT2D eigenvalue weighted by Gasteiger charge is 2.05. The number of thioether (sulfide) groups is 1. The van der Waals surface area contributed by atoms with E-state index < -0.39 is 0 Å². The van der Waals surface area contributed by atoms with Crippen LogP contribution in [0.25, 0.3) is 0 Å². The Morgan fingerprint density at radius 3 is 3.00 bits per heavy atom. The Hall–Kier alpha value is -1.42. The number of aromatic nitrogens is 2. The molecule has 0 atom stereocenters. The lowest BCUT2D eigenvalue weighted by Gasteiger charge is -2.08. The largest absolute Gasteiger partial charge is 0.398 e. The Kier molecular flexibility index (Phi) is 4.31. The van der Waals surface area contributed by atoms with Gasteiger partial charge in [-0.05, 0) is 31.0 Å². The first kappa shape index (κ1) is 13.0. The lowest BCUT2D eigenvalue weighted by atomic mass is 10.2. The third-order valence-electron chi connectivity index (χ3n) is 2.81. The van der Waals surface area contributed by atoms with Crippen LogP contribution in [0.2, 0.25) is 0 Å². The van der Waals surface area contributed by atoms with Crippen LogP contribution in [0, 0.1) is 6.92 Å². The highest BCUT2D eigenvalue weighted by molar-refractivity contribution is 7.98. The third kappa shape index (κ3) is 3.07. The van der Waals surface area contributed by atoms with Gasteiger partial charge in [0.15, 0.2) is 0 Å². The first-order valence-corrected chi connectivity index (χ1v) is 7.17. The number of nitrogens with zero attached hydrogens (tertiary/aromatic N) is 2. The van der Waals surface area contributed by atoms with Crippen LogP contribution in [0.4, 0.5) is 5.69 Å². The summed E-state index contributed by atoms with van der Waals surface area (Å²) < 4.78 is 2.21. The van der Waals surface area contributed by atoms with Gasteiger partial charge in [-0.15, -0.1) is 11.8 Å². The normalized spacial score (nSPS) is 10.8. The van der Waals surface area contributed by atoms with Crippen molar-refractivity contribution in [3.05, 3.63) is 42.0 Å². The average molecular weight is 261 g/mol. The summed E-state index contributed by atoms with van der Waals surface area (Å²) >= 11 is 1.77. The maximum Gasteiger partial charge on any atom is 0.0948 e. The minimum Gasteiger partial charge on any atom is -0.398 e. The zero-order valence-electron chi connectivity index (χ0n) is 10.9. The van der Waals surface area contributed by atoms with Gasteiger partial charge in [-0.25, -0.2) is 4.98 Å². The van der Waals surface area contributed by atoms with Crippen LogP contribution in [0.5, 0.6) is 0 Å². The zero-order valence-corrected chi connectivity index (χ0v) is 11.7. The molecule has 0 saturated carbocycles. The molecule has 0 unspecified atom stereocenters. The van der Waals surface area contributed by atoms with E-state index >= 15 is 0 Å². The lowest BCUT2D eigenvalue weighted by molar-refractivity contribution is 0.659. The molecule has 2 N–H and O–H groups in total. The SMILES string of the molecule is CCCn1cncc1CSc1cc(C)ccc1N. The molecule has 0 saturated heterocycles. The van der Waals surface area contributed by atoms with Crippen molar-refractivity contribution >= 4 is 17.4 Å². The molecule has 1 heterocycles. The fraction of sp³-hybridized carbons (Fsp3) is 0.357. The van der Waals surface area contributed by atoms with E-state index in [0.29, 0.717) is 0 Å². The van der Waals surface area contributed by atoms with Crippen molar-refractivity contribution in [2.45, 2.75) is 37.5 Å². The van der Waals surface area contributed by atoms with Crippen LogP contribution in [-0.4, -0.2) is 9.55 Å². The summed E-state index contributed by atoms with van der Waals surface area (Å²) in [5.41, 5.74) is 9.33. The second kappa shape index (κ2) is 5.96. The van der Waals surface area contributed by atoms with Gasteiger partial charge in [-0.1, -0.05) is 13.0 Å². The van der Waals surface area contributed by atoms with Crippen molar-refractivity contribution in [3.63, 3.8) is 0 Å². The number of hydrogen-bond acceptors (Lipinski definition) is 3. The van der Waals surface area contributed by atoms with E-state index in [-0.39, 0.29) is 0 Å². The summed E-state index contributed by atoms with van der Waals surface area (Å²) in [6.07, 6.45) is 4.97. The van der Waals surface area contributed by atoms with Crippen molar-refractivity contribution in [3.8, 4) is 0 Å². The fourth-order valence-corrected chi connectivity index (χ4v) is 2.88. The lowest BCUT2D eigenvalue weighted by Crippen LogP contribution is -1.99. The molecule has 4 heteroatoms. The van der Waals surface area contributed by atoms with Gasteiger partial charge in [0.05, 0.1) is 6.33 Å². The first-order chi connectivity index (χ1) is 8.70. The Balaban J connectivity index is 2.06. The van der Waals surface area contributed by atoms with E-state index in [1.807, 2.05) is 24.7 Å². The predicted molar refractivity (Wildman–Crippen MR) is 77.7 cm³/mol. The maximum absolute atomic E-state index is 5.98. The molecule has 0 radical (unpaired) electrons. The number of aryl methyl sites for hydroxylation is 2. The van der Waals surface area contributed by atoms with Crippen molar-refractivity contribution in [2.75, 3.05) is 5.73 Å².